The molecule has 0 saturated heterocycles. The third-order valence-corrected chi connectivity index (χ3v) is 4.16. The number of aliphatic hydroxyl groups excluding tert-OH is 1. The van der Waals surface area contributed by atoms with Gasteiger partial charge >= 0.3 is 0 Å². The summed E-state index contributed by atoms with van der Waals surface area (Å²) < 4.78 is 0.965. The van der Waals surface area contributed by atoms with E-state index in [4.69, 9.17) is 5.11 Å². The summed E-state index contributed by atoms with van der Waals surface area (Å²) in [5.41, 5.74) is 1.82. The number of hydrogen-bond acceptors (Lipinski definition) is 3. The Hall–Kier alpha value is -1.61. The predicted molar refractivity (Wildman–Crippen MR) is 88.0 cm³/mol. The lowest BCUT2D eigenvalue weighted by molar-refractivity contribution is -0.120. The van der Waals surface area contributed by atoms with Crippen molar-refractivity contribution in [1.82, 2.24) is 5.32 Å². The van der Waals surface area contributed by atoms with E-state index in [1.807, 2.05) is 35.7 Å². The monoisotopic (exact) mass is 363 g/mol. The summed E-state index contributed by atoms with van der Waals surface area (Å²) in [5, 5.41) is 13.5. The highest BCUT2D eigenvalue weighted by atomic mass is 79.9. The van der Waals surface area contributed by atoms with Crippen LogP contribution < -0.4 is 5.32 Å². The summed E-state index contributed by atoms with van der Waals surface area (Å²) >= 11 is 4.93. The van der Waals surface area contributed by atoms with Crippen LogP contribution in [0.1, 0.15) is 16.0 Å². The van der Waals surface area contributed by atoms with Crippen LogP contribution in [0.2, 0.25) is 0 Å². The predicted octanol–water partition coefficient (Wildman–Crippen LogP) is 2.71. The van der Waals surface area contributed by atoms with E-state index in [1.54, 1.807) is 11.3 Å². The second kappa shape index (κ2) is 7.99. The first-order valence-electron chi connectivity index (χ1n) is 6.36. The average molecular weight is 364 g/mol. The lowest BCUT2D eigenvalue weighted by Gasteiger charge is -2.05. The van der Waals surface area contributed by atoms with E-state index in [9.17, 15) is 4.79 Å². The van der Waals surface area contributed by atoms with Crippen LogP contribution in [0.5, 0.6) is 0 Å². The minimum atomic E-state index is -0.162. The summed E-state index contributed by atoms with van der Waals surface area (Å²) in [7, 11) is 0. The molecule has 0 aliphatic heterocycles. The van der Waals surface area contributed by atoms with Gasteiger partial charge in [-0.1, -0.05) is 39.9 Å². The molecule has 1 heterocycles. The molecule has 1 aromatic carbocycles. The number of carbonyl (C=O) groups excluding carboxylic acids is 1. The molecule has 108 valence electrons. The van der Waals surface area contributed by atoms with Crippen molar-refractivity contribution in [2.24, 2.45) is 0 Å². The summed E-state index contributed by atoms with van der Waals surface area (Å²) in [4.78, 5) is 12.9. The normalized spacial score (nSPS) is 9.81. The van der Waals surface area contributed by atoms with Crippen LogP contribution in [0.15, 0.2) is 40.2 Å². The van der Waals surface area contributed by atoms with Crippen LogP contribution in [-0.2, 0) is 17.8 Å². The first-order valence-corrected chi connectivity index (χ1v) is 8.03. The smallest absolute Gasteiger partial charge is 0.224 e. The Morgan fingerprint density at radius 2 is 2.24 bits per heavy atom. The fourth-order valence-corrected chi connectivity index (χ4v) is 3.01. The van der Waals surface area contributed by atoms with E-state index in [0.29, 0.717) is 13.0 Å². The molecule has 5 heteroatoms. The molecule has 2 N–H and O–H groups in total. The van der Waals surface area contributed by atoms with E-state index in [-0.39, 0.29) is 12.5 Å². The standard InChI is InChI=1S/C16H14BrNO2S/c17-14-5-1-3-12(9-14)10-16(20)18-11-15-13(4-2-7-19)6-8-21-15/h1,3,5-6,8-9,19H,7,10-11H2,(H,18,20). The number of hydrogen-bond donors (Lipinski definition) is 2. The number of amides is 1. The quantitative estimate of drug-likeness (QED) is 0.820. The van der Waals surface area contributed by atoms with Crippen molar-refractivity contribution in [3.8, 4) is 11.8 Å². The lowest BCUT2D eigenvalue weighted by Crippen LogP contribution is -2.24. The topological polar surface area (TPSA) is 49.3 Å². The Morgan fingerprint density at radius 1 is 1.38 bits per heavy atom. The number of benzene rings is 1. The molecule has 2 rings (SSSR count). The van der Waals surface area contributed by atoms with Gasteiger partial charge in [-0.05, 0) is 29.1 Å². The van der Waals surface area contributed by atoms with Gasteiger partial charge in [-0.3, -0.25) is 4.79 Å². The largest absolute Gasteiger partial charge is 0.384 e. The first-order chi connectivity index (χ1) is 10.2. The zero-order valence-corrected chi connectivity index (χ0v) is 13.6. The molecule has 0 fully saturated rings. The molecule has 1 amide bonds. The summed E-state index contributed by atoms with van der Waals surface area (Å²) in [6, 6.07) is 9.59. The Labute approximate surface area is 136 Å². The molecule has 1 aromatic heterocycles. The highest BCUT2D eigenvalue weighted by molar-refractivity contribution is 9.10. The summed E-state index contributed by atoms with van der Waals surface area (Å²) in [6.45, 7) is 0.296. The Morgan fingerprint density at radius 3 is 3.00 bits per heavy atom. The van der Waals surface area contributed by atoms with Crippen LogP contribution in [0.3, 0.4) is 0 Å². The van der Waals surface area contributed by atoms with Gasteiger partial charge in [-0.15, -0.1) is 11.3 Å². The molecule has 0 bridgehead atoms. The van der Waals surface area contributed by atoms with E-state index >= 15 is 0 Å². The molecule has 0 atom stereocenters. The number of halogens is 1. The van der Waals surface area contributed by atoms with Crippen LogP contribution in [0, 0.1) is 11.8 Å². The molecule has 0 aliphatic carbocycles. The number of aliphatic hydroxyl groups is 1. The van der Waals surface area contributed by atoms with Gasteiger partial charge in [0.05, 0.1) is 13.0 Å². The van der Waals surface area contributed by atoms with Gasteiger partial charge in [-0.2, -0.15) is 0 Å². The maximum Gasteiger partial charge on any atom is 0.224 e. The SMILES string of the molecule is O=C(Cc1cccc(Br)c1)NCc1sccc1C#CCO. The van der Waals surface area contributed by atoms with Crippen LogP contribution in [0.4, 0.5) is 0 Å². The van der Waals surface area contributed by atoms with Crippen LogP contribution >= 0.6 is 27.3 Å². The Bertz CT molecular complexity index is 685. The fraction of sp³-hybridized carbons (Fsp3) is 0.188. The highest BCUT2D eigenvalue weighted by Crippen LogP contribution is 2.16. The third-order valence-electron chi connectivity index (χ3n) is 2.75. The fourth-order valence-electron chi connectivity index (χ4n) is 1.80. The van der Waals surface area contributed by atoms with Gasteiger partial charge in [0.1, 0.15) is 6.61 Å². The van der Waals surface area contributed by atoms with Crippen molar-refractivity contribution in [2.45, 2.75) is 13.0 Å². The molecule has 3 nitrogen and oxygen atoms in total. The number of rotatable bonds is 4. The minimum absolute atomic E-state index is 0.0254. The lowest BCUT2D eigenvalue weighted by atomic mass is 10.1. The van der Waals surface area contributed by atoms with Crippen molar-refractivity contribution < 1.29 is 9.90 Å². The molecular weight excluding hydrogens is 350 g/mol. The van der Waals surface area contributed by atoms with Gasteiger partial charge in [0.2, 0.25) is 5.91 Å². The van der Waals surface area contributed by atoms with Crippen molar-refractivity contribution in [1.29, 1.82) is 0 Å². The van der Waals surface area contributed by atoms with Gasteiger partial charge in [0, 0.05) is 14.9 Å². The maximum atomic E-state index is 11.9. The molecule has 2 aromatic rings. The highest BCUT2D eigenvalue weighted by Gasteiger charge is 2.06. The first kappa shape index (κ1) is 15.8. The molecular formula is C16H14BrNO2S. The van der Waals surface area contributed by atoms with Gasteiger partial charge in [-0.25, -0.2) is 0 Å². The van der Waals surface area contributed by atoms with Gasteiger partial charge in [0.25, 0.3) is 0 Å². The summed E-state index contributed by atoms with van der Waals surface area (Å²) in [5.74, 6) is 5.47. The second-order valence-corrected chi connectivity index (χ2v) is 6.22. The van der Waals surface area contributed by atoms with Crippen LogP contribution in [-0.4, -0.2) is 17.6 Å². The minimum Gasteiger partial charge on any atom is -0.384 e. The van der Waals surface area contributed by atoms with Gasteiger partial charge in [0.15, 0.2) is 0 Å². The summed E-state index contributed by atoms with van der Waals surface area (Å²) in [6.07, 6.45) is 0.350. The van der Waals surface area contributed by atoms with Crippen molar-refractivity contribution in [3.63, 3.8) is 0 Å². The van der Waals surface area contributed by atoms with Crippen molar-refractivity contribution in [2.75, 3.05) is 6.61 Å². The number of thiophene rings is 1. The number of carbonyl (C=O) groups is 1. The van der Waals surface area contributed by atoms with E-state index < -0.39 is 0 Å². The molecule has 0 saturated carbocycles. The second-order valence-electron chi connectivity index (χ2n) is 4.30. The van der Waals surface area contributed by atoms with Crippen molar-refractivity contribution in [3.05, 3.63) is 56.2 Å². The van der Waals surface area contributed by atoms with E-state index in [1.165, 1.54) is 0 Å². The molecule has 0 aliphatic rings. The Balaban J connectivity index is 1.91. The van der Waals surface area contributed by atoms with E-state index in [2.05, 4.69) is 33.1 Å². The zero-order valence-electron chi connectivity index (χ0n) is 11.2. The molecule has 0 unspecified atom stereocenters. The maximum absolute atomic E-state index is 11.9. The number of nitrogens with one attached hydrogen (secondary N) is 1. The molecule has 0 radical (unpaired) electrons. The van der Waals surface area contributed by atoms with Crippen molar-refractivity contribution >= 4 is 33.2 Å². The zero-order chi connectivity index (χ0) is 15.1. The third kappa shape index (κ3) is 5.01. The molecule has 0 spiro atoms. The Kier molecular flexibility index (Phi) is 6.00. The molecule has 21 heavy (non-hydrogen) atoms. The van der Waals surface area contributed by atoms with Crippen LogP contribution in [0.25, 0.3) is 0 Å². The van der Waals surface area contributed by atoms with E-state index in [0.717, 1.165) is 20.5 Å². The van der Waals surface area contributed by atoms with Gasteiger partial charge < -0.3 is 10.4 Å². The average Bonchev–Trinajstić information content (AvgIpc) is 2.90.